The monoisotopic (exact) mass is 413 g/mol. The van der Waals surface area contributed by atoms with Crippen LogP contribution in [0, 0.1) is 5.41 Å². The van der Waals surface area contributed by atoms with Crippen molar-refractivity contribution in [3.05, 3.63) is 0 Å². The Morgan fingerprint density at radius 3 is 2.43 bits per heavy atom. The molecule has 0 spiro atoms. The van der Waals surface area contributed by atoms with Crippen LogP contribution in [0.3, 0.4) is 0 Å². The quantitative estimate of drug-likeness (QED) is 0.324. The molecule has 2 atom stereocenters. The Hall–Kier alpha value is -0.0800. The summed E-state index contributed by atoms with van der Waals surface area (Å²) >= 11 is 0. The number of nitrogens with zero attached hydrogens (tertiary/aromatic N) is 1. The van der Waals surface area contributed by atoms with Gasteiger partial charge in [-0.25, -0.2) is 0 Å². The maximum Gasteiger partial charge on any atom is 0.191 e. The van der Waals surface area contributed by atoms with Crippen LogP contribution in [0.4, 0.5) is 0 Å². The van der Waals surface area contributed by atoms with Gasteiger partial charge in [-0.3, -0.25) is 4.99 Å². The van der Waals surface area contributed by atoms with E-state index in [2.05, 4.69) is 36.4 Å². The number of aliphatic imine (C=N–C) groups is 1. The molecule has 1 aliphatic rings. The first kappa shape index (κ1) is 20.9. The lowest BCUT2D eigenvalue weighted by molar-refractivity contribution is -0.133. The third-order valence-electron chi connectivity index (χ3n) is 4.49. The molecule has 3 N–H and O–H groups in total. The highest BCUT2D eigenvalue weighted by atomic mass is 127. The molecule has 0 radical (unpaired) electrons. The summed E-state index contributed by atoms with van der Waals surface area (Å²) in [6, 6.07) is 0.394. The number of halogens is 1. The van der Waals surface area contributed by atoms with Gasteiger partial charge in [0.05, 0.1) is 19.3 Å². The van der Waals surface area contributed by atoms with E-state index in [1.54, 1.807) is 0 Å². The first-order valence-corrected chi connectivity index (χ1v) is 7.95. The Balaban J connectivity index is 0.00000400. The number of aliphatic hydroxyl groups is 1. The lowest BCUT2D eigenvalue weighted by Gasteiger charge is -2.55. The maximum absolute atomic E-state index is 8.91. The van der Waals surface area contributed by atoms with Crippen LogP contribution >= 0.6 is 24.0 Å². The van der Waals surface area contributed by atoms with Gasteiger partial charge in [-0.2, -0.15) is 0 Å². The summed E-state index contributed by atoms with van der Waals surface area (Å²) < 4.78 is 5.89. The molecule has 0 saturated heterocycles. The van der Waals surface area contributed by atoms with Gasteiger partial charge in [0, 0.05) is 24.6 Å². The molecule has 5 nitrogen and oxygen atoms in total. The van der Waals surface area contributed by atoms with Gasteiger partial charge in [-0.1, -0.05) is 13.8 Å². The summed E-state index contributed by atoms with van der Waals surface area (Å²) in [5.74, 6) is 0.799. The minimum absolute atomic E-state index is 0. The van der Waals surface area contributed by atoms with Gasteiger partial charge in [0.15, 0.2) is 5.96 Å². The Morgan fingerprint density at radius 1 is 1.29 bits per heavy atom. The summed E-state index contributed by atoms with van der Waals surface area (Å²) in [5.41, 5.74) is 0.200. The molecule has 0 bridgehead atoms. The largest absolute Gasteiger partial charge is 0.394 e. The maximum atomic E-state index is 8.91. The molecule has 0 aromatic heterocycles. The van der Waals surface area contributed by atoms with Crippen LogP contribution in [0.2, 0.25) is 0 Å². The van der Waals surface area contributed by atoms with Crippen molar-refractivity contribution >= 4 is 29.9 Å². The molecule has 0 amide bonds. The average molecular weight is 413 g/mol. The van der Waals surface area contributed by atoms with Gasteiger partial charge in [-0.15, -0.1) is 24.0 Å². The van der Waals surface area contributed by atoms with Crippen molar-refractivity contribution in [2.45, 2.75) is 59.1 Å². The molecule has 1 fully saturated rings. The normalized spacial score (nSPS) is 24.0. The van der Waals surface area contributed by atoms with Gasteiger partial charge in [-0.05, 0) is 33.1 Å². The standard InChI is InChI=1S/C15H31N3O2.HI/c1-5-15(6-2)12(11-13(15)20-8-4)18-14(16-7-3)17-9-10-19;/h12-13,19H,5-11H2,1-4H3,(H2,16,17,18);1H. The van der Waals surface area contributed by atoms with Crippen LogP contribution in [0.15, 0.2) is 4.99 Å². The Morgan fingerprint density at radius 2 is 1.95 bits per heavy atom. The van der Waals surface area contributed by atoms with E-state index in [1.807, 2.05) is 6.92 Å². The van der Waals surface area contributed by atoms with Gasteiger partial charge in [0.1, 0.15) is 0 Å². The predicted octanol–water partition coefficient (Wildman–Crippen LogP) is 2.14. The average Bonchev–Trinajstić information content (AvgIpc) is 2.45. The second-order valence-electron chi connectivity index (χ2n) is 5.30. The minimum atomic E-state index is 0. The van der Waals surface area contributed by atoms with Gasteiger partial charge in [0.2, 0.25) is 0 Å². The highest BCUT2D eigenvalue weighted by Crippen LogP contribution is 2.48. The highest BCUT2D eigenvalue weighted by molar-refractivity contribution is 14.0. The van der Waals surface area contributed by atoms with Crippen molar-refractivity contribution in [3.8, 4) is 0 Å². The fraction of sp³-hybridized carbons (Fsp3) is 0.933. The molecule has 0 aromatic carbocycles. The summed E-state index contributed by atoms with van der Waals surface area (Å²) in [6.45, 7) is 10.7. The molecule has 1 rings (SSSR count). The van der Waals surface area contributed by atoms with E-state index in [-0.39, 0.29) is 36.0 Å². The number of hydrogen-bond donors (Lipinski definition) is 3. The molecule has 1 aliphatic carbocycles. The Labute approximate surface area is 146 Å². The minimum Gasteiger partial charge on any atom is -0.394 e. The number of rotatable bonds is 8. The zero-order chi connectivity index (χ0) is 15.0. The van der Waals surface area contributed by atoms with E-state index in [9.17, 15) is 0 Å². The van der Waals surface area contributed by atoms with Gasteiger partial charge in [0.25, 0.3) is 0 Å². The number of ether oxygens (including phenoxy) is 1. The van der Waals surface area contributed by atoms with E-state index in [0.29, 0.717) is 18.7 Å². The molecule has 126 valence electrons. The molecular formula is C15H32IN3O2. The van der Waals surface area contributed by atoms with Crippen molar-refractivity contribution in [2.75, 3.05) is 26.3 Å². The molecule has 0 heterocycles. The molecule has 6 heteroatoms. The predicted molar refractivity (Wildman–Crippen MR) is 98.4 cm³/mol. The number of aliphatic hydroxyl groups excluding tert-OH is 1. The summed E-state index contributed by atoms with van der Waals surface area (Å²) in [7, 11) is 0. The molecule has 1 saturated carbocycles. The number of nitrogens with one attached hydrogen (secondary N) is 2. The topological polar surface area (TPSA) is 65.9 Å². The van der Waals surface area contributed by atoms with Gasteiger partial charge < -0.3 is 20.5 Å². The first-order chi connectivity index (χ1) is 9.68. The lowest BCUT2D eigenvalue weighted by Crippen LogP contribution is -2.65. The van der Waals surface area contributed by atoms with Crippen molar-refractivity contribution in [1.29, 1.82) is 0 Å². The third kappa shape index (κ3) is 4.96. The second kappa shape index (κ2) is 10.6. The fourth-order valence-electron chi connectivity index (χ4n) is 3.23. The zero-order valence-electron chi connectivity index (χ0n) is 13.8. The van der Waals surface area contributed by atoms with E-state index >= 15 is 0 Å². The summed E-state index contributed by atoms with van der Waals surface area (Å²) in [5, 5.41) is 15.7. The summed E-state index contributed by atoms with van der Waals surface area (Å²) in [4.78, 5) is 4.36. The highest BCUT2D eigenvalue weighted by Gasteiger charge is 2.53. The first-order valence-electron chi connectivity index (χ1n) is 7.95. The van der Waals surface area contributed by atoms with Crippen LogP contribution in [-0.4, -0.2) is 49.5 Å². The van der Waals surface area contributed by atoms with Crippen LogP contribution < -0.4 is 10.6 Å². The molecular weight excluding hydrogens is 381 g/mol. The Kier molecular flexibility index (Phi) is 10.6. The second-order valence-corrected chi connectivity index (χ2v) is 5.30. The van der Waals surface area contributed by atoms with Crippen molar-refractivity contribution in [1.82, 2.24) is 10.6 Å². The summed E-state index contributed by atoms with van der Waals surface area (Å²) in [6.07, 6.45) is 3.58. The zero-order valence-corrected chi connectivity index (χ0v) is 16.1. The lowest BCUT2D eigenvalue weighted by atomic mass is 9.58. The SMILES string of the molecule is CCNC(=NCCO)NC1CC(OCC)C1(CC)CC.I. The molecule has 21 heavy (non-hydrogen) atoms. The molecule has 0 aromatic rings. The van der Waals surface area contributed by atoms with Crippen molar-refractivity contribution in [3.63, 3.8) is 0 Å². The van der Waals surface area contributed by atoms with Crippen LogP contribution in [0.25, 0.3) is 0 Å². The van der Waals surface area contributed by atoms with Crippen LogP contribution in [0.1, 0.15) is 47.0 Å². The Bertz CT molecular complexity index is 309. The number of guanidine groups is 1. The van der Waals surface area contributed by atoms with Gasteiger partial charge >= 0.3 is 0 Å². The van der Waals surface area contributed by atoms with Crippen molar-refractivity contribution < 1.29 is 9.84 Å². The fourth-order valence-corrected chi connectivity index (χ4v) is 3.23. The van der Waals surface area contributed by atoms with Crippen LogP contribution in [0.5, 0.6) is 0 Å². The van der Waals surface area contributed by atoms with Crippen LogP contribution in [-0.2, 0) is 4.74 Å². The number of hydrogen-bond acceptors (Lipinski definition) is 3. The molecule has 0 aliphatic heterocycles. The van der Waals surface area contributed by atoms with Crippen molar-refractivity contribution in [2.24, 2.45) is 10.4 Å². The van der Waals surface area contributed by atoms with E-state index in [1.165, 1.54) is 0 Å². The molecule has 2 unspecified atom stereocenters. The third-order valence-corrected chi connectivity index (χ3v) is 4.49. The van der Waals surface area contributed by atoms with E-state index in [0.717, 1.165) is 38.4 Å². The smallest absolute Gasteiger partial charge is 0.191 e. The van der Waals surface area contributed by atoms with E-state index in [4.69, 9.17) is 9.84 Å². The van der Waals surface area contributed by atoms with E-state index < -0.39 is 0 Å².